The summed E-state index contributed by atoms with van der Waals surface area (Å²) in [5.74, 6) is 1.25. The van der Waals surface area contributed by atoms with E-state index in [1.165, 1.54) is 16.8 Å². The molecule has 0 radical (unpaired) electrons. The fourth-order valence-corrected chi connectivity index (χ4v) is 2.80. The zero-order chi connectivity index (χ0) is 14.5. The van der Waals surface area contributed by atoms with Gasteiger partial charge >= 0.3 is 0 Å². The van der Waals surface area contributed by atoms with Gasteiger partial charge in [-0.05, 0) is 29.0 Å². The molecule has 1 aliphatic heterocycles. The van der Waals surface area contributed by atoms with Crippen LogP contribution in [-0.4, -0.2) is 38.1 Å². The van der Waals surface area contributed by atoms with Crippen molar-refractivity contribution in [3.05, 3.63) is 29.3 Å². The highest BCUT2D eigenvalue weighted by molar-refractivity contribution is 5.54. The summed E-state index contributed by atoms with van der Waals surface area (Å²) in [5.41, 5.74) is 4.17. The van der Waals surface area contributed by atoms with Crippen LogP contribution < -0.4 is 10.6 Å². The largest absolute Gasteiger partial charge is 0.388 e. The van der Waals surface area contributed by atoms with Crippen LogP contribution in [0.4, 0.5) is 5.69 Å². The molecule has 20 heavy (non-hydrogen) atoms. The molecule has 1 aromatic rings. The Morgan fingerprint density at radius 2 is 1.90 bits per heavy atom. The van der Waals surface area contributed by atoms with E-state index < -0.39 is 0 Å². The minimum absolute atomic E-state index is 0.584. The third-order valence-corrected chi connectivity index (χ3v) is 4.49. The topological polar surface area (TPSA) is 27.3 Å². The Balaban J connectivity index is 2.15. The molecular weight excluding hydrogens is 246 g/mol. The van der Waals surface area contributed by atoms with Crippen molar-refractivity contribution in [3.63, 3.8) is 0 Å². The molecule has 1 atom stereocenters. The van der Waals surface area contributed by atoms with Gasteiger partial charge in [0.05, 0.1) is 0 Å². The predicted molar refractivity (Wildman–Crippen MR) is 87.4 cm³/mol. The molecule has 0 saturated carbocycles. The van der Waals surface area contributed by atoms with Crippen molar-refractivity contribution in [2.24, 2.45) is 5.92 Å². The van der Waals surface area contributed by atoms with Crippen LogP contribution in [0.25, 0.3) is 0 Å². The van der Waals surface area contributed by atoms with Crippen molar-refractivity contribution in [3.8, 4) is 0 Å². The summed E-state index contributed by atoms with van der Waals surface area (Å²) < 4.78 is 0. The molecule has 0 aliphatic carbocycles. The first-order chi connectivity index (χ1) is 9.61. The van der Waals surface area contributed by atoms with E-state index in [1.807, 2.05) is 7.05 Å². The molecule has 1 unspecified atom stereocenters. The van der Waals surface area contributed by atoms with Crippen molar-refractivity contribution in [1.82, 2.24) is 10.2 Å². The zero-order valence-electron chi connectivity index (χ0n) is 13.4. The van der Waals surface area contributed by atoms with E-state index in [4.69, 9.17) is 0 Å². The van der Waals surface area contributed by atoms with Crippen LogP contribution in [0.1, 0.15) is 37.8 Å². The Morgan fingerprint density at radius 1 is 1.20 bits per heavy atom. The lowest BCUT2D eigenvalue weighted by molar-refractivity contribution is 0.233. The van der Waals surface area contributed by atoms with Crippen molar-refractivity contribution < 1.29 is 0 Å². The van der Waals surface area contributed by atoms with Crippen LogP contribution in [0.3, 0.4) is 0 Å². The normalized spacial score (nSPS) is 18.2. The molecule has 2 N–H and O–H groups in total. The summed E-state index contributed by atoms with van der Waals surface area (Å²) in [6.45, 7) is 12.5. The smallest absolute Gasteiger partial charge is 0.0373 e. The second-order valence-electron chi connectivity index (χ2n) is 6.23. The van der Waals surface area contributed by atoms with E-state index in [0.717, 1.165) is 32.7 Å². The van der Waals surface area contributed by atoms with Crippen LogP contribution in [0.5, 0.6) is 0 Å². The number of anilines is 1. The molecule has 0 bridgehead atoms. The SMILES string of the molecule is CNc1ccc(CN2CCNCC2)cc1C(C)C(C)C. The monoisotopic (exact) mass is 275 g/mol. The molecule has 2 rings (SSSR count). The zero-order valence-corrected chi connectivity index (χ0v) is 13.4. The highest BCUT2D eigenvalue weighted by atomic mass is 15.2. The van der Waals surface area contributed by atoms with Crippen molar-refractivity contribution in [2.75, 3.05) is 38.5 Å². The number of benzene rings is 1. The quantitative estimate of drug-likeness (QED) is 0.865. The van der Waals surface area contributed by atoms with Gasteiger partial charge in [-0.25, -0.2) is 0 Å². The van der Waals surface area contributed by atoms with Gasteiger partial charge in [0.2, 0.25) is 0 Å². The lowest BCUT2D eigenvalue weighted by Gasteiger charge is -2.28. The highest BCUT2D eigenvalue weighted by Gasteiger charge is 2.16. The Labute approximate surface area is 123 Å². The van der Waals surface area contributed by atoms with Gasteiger partial charge in [-0.3, -0.25) is 4.90 Å². The Hall–Kier alpha value is -1.06. The van der Waals surface area contributed by atoms with Crippen molar-refractivity contribution in [2.45, 2.75) is 33.2 Å². The third-order valence-electron chi connectivity index (χ3n) is 4.49. The number of hydrogen-bond acceptors (Lipinski definition) is 3. The average Bonchev–Trinajstić information content (AvgIpc) is 2.47. The first-order valence-electron chi connectivity index (χ1n) is 7.85. The fraction of sp³-hybridized carbons (Fsp3) is 0.647. The van der Waals surface area contributed by atoms with Crippen molar-refractivity contribution >= 4 is 5.69 Å². The Morgan fingerprint density at radius 3 is 2.50 bits per heavy atom. The Bertz CT molecular complexity index is 422. The molecule has 1 aromatic carbocycles. The van der Waals surface area contributed by atoms with Gasteiger partial charge in [0.1, 0.15) is 0 Å². The maximum atomic E-state index is 3.41. The number of rotatable bonds is 5. The van der Waals surface area contributed by atoms with Gasteiger partial charge in [-0.2, -0.15) is 0 Å². The van der Waals surface area contributed by atoms with E-state index in [-0.39, 0.29) is 0 Å². The summed E-state index contributed by atoms with van der Waals surface area (Å²) in [5, 5.41) is 6.75. The molecule has 112 valence electrons. The van der Waals surface area contributed by atoms with E-state index in [1.54, 1.807) is 0 Å². The van der Waals surface area contributed by atoms with Gasteiger partial charge in [0.25, 0.3) is 0 Å². The molecule has 1 fully saturated rings. The second kappa shape index (κ2) is 7.09. The first kappa shape index (κ1) is 15.3. The molecule has 1 heterocycles. The third kappa shape index (κ3) is 3.74. The van der Waals surface area contributed by atoms with Crippen LogP contribution in [0.15, 0.2) is 18.2 Å². The summed E-state index contributed by atoms with van der Waals surface area (Å²) in [4.78, 5) is 2.54. The lowest BCUT2D eigenvalue weighted by Crippen LogP contribution is -2.42. The first-order valence-corrected chi connectivity index (χ1v) is 7.85. The van der Waals surface area contributed by atoms with Crippen molar-refractivity contribution in [1.29, 1.82) is 0 Å². The molecule has 1 saturated heterocycles. The minimum Gasteiger partial charge on any atom is -0.388 e. The highest BCUT2D eigenvalue weighted by Crippen LogP contribution is 2.31. The van der Waals surface area contributed by atoms with E-state index in [0.29, 0.717) is 11.8 Å². The number of nitrogens with one attached hydrogen (secondary N) is 2. The second-order valence-corrected chi connectivity index (χ2v) is 6.23. The maximum Gasteiger partial charge on any atom is 0.0373 e. The Kier molecular flexibility index (Phi) is 5.44. The van der Waals surface area contributed by atoms with E-state index in [2.05, 4.69) is 54.5 Å². The molecule has 3 nitrogen and oxygen atoms in total. The van der Waals surface area contributed by atoms with Gasteiger partial charge in [-0.1, -0.05) is 32.9 Å². The van der Waals surface area contributed by atoms with Gasteiger partial charge in [-0.15, -0.1) is 0 Å². The minimum atomic E-state index is 0.584. The van der Waals surface area contributed by atoms with Crippen LogP contribution in [-0.2, 0) is 6.54 Å². The lowest BCUT2D eigenvalue weighted by atomic mass is 9.88. The molecule has 0 amide bonds. The predicted octanol–water partition coefficient (Wildman–Crippen LogP) is 2.89. The molecule has 3 heteroatoms. The van der Waals surface area contributed by atoms with Gasteiger partial charge < -0.3 is 10.6 Å². The van der Waals surface area contributed by atoms with Crippen LogP contribution >= 0.6 is 0 Å². The average molecular weight is 275 g/mol. The van der Waals surface area contributed by atoms with Crippen LogP contribution in [0, 0.1) is 5.92 Å². The van der Waals surface area contributed by atoms with Gasteiger partial charge in [0, 0.05) is 45.5 Å². The van der Waals surface area contributed by atoms with E-state index >= 15 is 0 Å². The van der Waals surface area contributed by atoms with Crippen LogP contribution in [0.2, 0.25) is 0 Å². The van der Waals surface area contributed by atoms with E-state index in [9.17, 15) is 0 Å². The summed E-state index contributed by atoms with van der Waals surface area (Å²) >= 11 is 0. The summed E-state index contributed by atoms with van der Waals surface area (Å²) in [7, 11) is 2.02. The van der Waals surface area contributed by atoms with Gasteiger partial charge in [0.15, 0.2) is 0 Å². The number of piperazine rings is 1. The molecular formula is C17H29N3. The summed E-state index contributed by atoms with van der Waals surface area (Å²) in [6.07, 6.45) is 0. The summed E-state index contributed by atoms with van der Waals surface area (Å²) in [6, 6.07) is 6.91. The molecule has 0 aromatic heterocycles. The fourth-order valence-electron chi connectivity index (χ4n) is 2.80. The number of nitrogens with zero attached hydrogens (tertiary/aromatic N) is 1. The standard InChI is InChI=1S/C17H29N3/c1-13(2)14(3)16-11-15(5-6-17(16)18-4)12-20-9-7-19-8-10-20/h5-6,11,13-14,18-19H,7-10,12H2,1-4H3. The molecule has 1 aliphatic rings. The maximum absolute atomic E-state index is 3.41. The number of hydrogen-bond donors (Lipinski definition) is 2. The molecule has 0 spiro atoms.